The van der Waals surface area contributed by atoms with Crippen LogP contribution in [0.2, 0.25) is 0 Å². The molecule has 0 aromatic rings. The molecule has 0 saturated heterocycles. The first-order chi connectivity index (χ1) is 4.57. The highest BCUT2D eigenvalue weighted by molar-refractivity contribution is 5.37. The van der Waals surface area contributed by atoms with Crippen molar-refractivity contribution in [2.24, 2.45) is 5.73 Å². The van der Waals surface area contributed by atoms with E-state index in [0.717, 1.165) is 11.1 Å². The first-order valence-corrected chi connectivity index (χ1v) is 3.02. The van der Waals surface area contributed by atoms with Crippen LogP contribution in [-0.4, -0.2) is 0 Å². The molecule has 0 fully saturated rings. The van der Waals surface area contributed by atoms with Crippen molar-refractivity contribution in [1.82, 2.24) is 0 Å². The largest absolute Gasteiger partial charge is 0.399 e. The molecular weight excluding hydrogens is 122 g/mol. The highest BCUT2D eigenvalue weighted by Gasteiger charge is 1.88. The van der Waals surface area contributed by atoms with Crippen molar-refractivity contribution in [2.45, 2.75) is 6.92 Å². The van der Waals surface area contributed by atoms with E-state index in [-0.39, 0.29) is 0 Å². The zero-order valence-electron chi connectivity index (χ0n) is 6.35. The zero-order chi connectivity index (χ0) is 8.15. The van der Waals surface area contributed by atoms with Gasteiger partial charge in [0.15, 0.2) is 0 Å². The minimum Gasteiger partial charge on any atom is -0.399 e. The lowest BCUT2D eigenvalue weighted by Crippen LogP contribution is -1.92. The standard InChI is InChI=1S/C9H13N/c1-5-9(10)6-8(4)7(2)3/h5-6H,1-2,4,10H2,3H3/b9-6+. The van der Waals surface area contributed by atoms with Crippen molar-refractivity contribution in [2.75, 3.05) is 0 Å². The summed E-state index contributed by atoms with van der Waals surface area (Å²) in [6.07, 6.45) is 3.32. The molecule has 0 rings (SSSR count). The van der Waals surface area contributed by atoms with E-state index in [1.807, 2.05) is 6.92 Å². The van der Waals surface area contributed by atoms with E-state index in [2.05, 4.69) is 19.7 Å². The van der Waals surface area contributed by atoms with Gasteiger partial charge in [0.05, 0.1) is 0 Å². The molecule has 0 heterocycles. The maximum atomic E-state index is 5.45. The molecule has 0 amide bonds. The van der Waals surface area contributed by atoms with Crippen LogP contribution in [0.25, 0.3) is 0 Å². The summed E-state index contributed by atoms with van der Waals surface area (Å²) in [5, 5.41) is 0. The Morgan fingerprint density at radius 1 is 1.40 bits per heavy atom. The molecule has 0 aromatic heterocycles. The van der Waals surface area contributed by atoms with Crippen LogP contribution >= 0.6 is 0 Å². The monoisotopic (exact) mass is 135 g/mol. The Balaban J connectivity index is 4.27. The normalized spacial score (nSPS) is 10.7. The molecule has 0 bridgehead atoms. The van der Waals surface area contributed by atoms with Gasteiger partial charge in [-0.15, -0.1) is 0 Å². The van der Waals surface area contributed by atoms with Crippen molar-refractivity contribution in [3.05, 3.63) is 48.7 Å². The van der Waals surface area contributed by atoms with Gasteiger partial charge in [-0.05, 0) is 24.6 Å². The van der Waals surface area contributed by atoms with Crippen LogP contribution in [0.15, 0.2) is 48.7 Å². The number of hydrogen-bond acceptors (Lipinski definition) is 1. The first kappa shape index (κ1) is 8.76. The molecule has 0 unspecified atom stereocenters. The van der Waals surface area contributed by atoms with Crippen LogP contribution in [0.1, 0.15) is 6.92 Å². The molecule has 0 spiro atoms. The average Bonchev–Trinajstić information content (AvgIpc) is 1.87. The van der Waals surface area contributed by atoms with Crippen LogP contribution in [0.5, 0.6) is 0 Å². The highest BCUT2D eigenvalue weighted by Crippen LogP contribution is 2.06. The maximum Gasteiger partial charge on any atom is 0.0313 e. The van der Waals surface area contributed by atoms with Crippen LogP contribution in [0, 0.1) is 0 Å². The molecular formula is C9H13N. The minimum atomic E-state index is 0.619. The minimum absolute atomic E-state index is 0.619. The van der Waals surface area contributed by atoms with E-state index < -0.39 is 0 Å². The van der Waals surface area contributed by atoms with E-state index in [4.69, 9.17) is 5.73 Å². The predicted molar refractivity (Wildman–Crippen MR) is 46.4 cm³/mol. The Morgan fingerprint density at radius 3 is 2.20 bits per heavy atom. The third-order valence-electron chi connectivity index (χ3n) is 1.12. The third-order valence-corrected chi connectivity index (χ3v) is 1.12. The number of hydrogen-bond donors (Lipinski definition) is 1. The van der Waals surface area contributed by atoms with E-state index in [9.17, 15) is 0 Å². The fourth-order valence-corrected chi connectivity index (χ4v) is 0.383. The predicted octanol–water partition coefficient (Wildman–Crippen LogP) is 2.15. The van der Waals surface area contributed by atoms with E-state index in [0.29, 0.717) is 5.70 Å². The van der Waals surface area contributed by atoms with Gasteiger partial charge in [-0.3, -0.25) is 0 Å². The summed E-state index contributed by atoms with van der Waals surface area (Å²) < 4.78 is 0. The van der Waals surface area contributed by atoms with Crippen molar-refractivity contribution >= 4 is 0 Å². The summed E-state index contributed by atoms with van der Waals surface area (Å²) in [7, 11) is 0. The molecule has 10 heavy (non-hydrogen) atoms. The lowest BCUT2D eigenvalue weighted by atomic mass is 10.1. The zero-order valence-corrected chi connectivity index (χ0v) is 6.35. The molecule has 0 atom stereocenters. The second-order valence-corrected chi connectivity index (χ2v) is 2.15. The summed E-state index contributed by atoms with van der Waals surface area (Å²) in [5.41, 5.74) is 7.84. The maximum absolute atomic E-state index is 5.45. The Morgan fingerprint density at radius 2 is 1.90 bits per heavy atom. The molecule has 0 saturated carbocycles. The number of nitrogens with two attached hydrogens (primary N) is 1. The van der Waals surface area contributed by atoms with Gasteiger partial charge in [0.25, 0.3) is 0 Å². The Hall–Kier alpha value is -1.24. The number of allylic oxidation sites excluding steroid dienone is 4. The van der Waals surface area contributed by atoms with Crippen LogP contribution in [0.3, 0.4) is 0 Å². The van der Waals surface area contributed by atoms with Crippen molar-refractivity contribution in [3.8, 4) is 0 Å². The molecule has 0 aliphatic rings. The molecule has 54 valence electrons. The van der Waals surface area contributed by atoms with Gasteiger partial charge in [0.2, 0.25) is 0 Å². The van der Waals surface area contributed by atoms with Crippen LogP contribution in [-0.2, 0) is 0 Å². The lowest BCUT2D eigenvalue weighted by molar-refractivity contribution is 1.38. The molecule has 1 heteroatoms. The first-order valence-electron chi connectivity index (χ1n) is 3.02. The van der Waals surface area contributed by atoms with Crippen LogP contribution in [0.4, 0.5) is 0 Å². The fraction of sp³-hybridized carbons (Fsp3) is 0.111. The Labute approximate surface area is 62.2 Å². The molecule has 0 aliphatic carbocycles. The average molecular weight is 135 g/mol. The van der Waals surface area contributed by atoms with Gasteiger partial charge in [-0.25, -0.2) is 0 Å². The second-order valence-electron chi connectivity index (χ2n) is 2.15. The topological polar surface area (TPSA) is 26.0 Å². The molecule has 1 nitrogen and oxygen atoms in total. The van der Waals surface area contributed by atoms with Gasteiger partial charge >= 0.3 is 0 Å². The Bertz CT molecular complexity index is 197. The molecule has 0 aromatic carbocycles. The van der Waals surface area contributed by atoms with E-state index >= 15 is 0 Å². The summed E-state index contributed by atoms with van der Waals surface area (Å²) in [5.74, 6) is 0. The smallest absolute Gasteiger partial charge is 0.0313 e. The van der Waals surface area contributed by atoms with E-state index in [1.54, 1.807) is 12.2 Å². The van der Waals surface area contributed by atoms with Crippen molar-refractivity contribution in [3.63, 3.8) is 0 Å². The van der Waals surface area contributed by atoms with Crippen LogP contribution < -0.4 is 5.73 Å². The summed E-state index contributed by atoms with van der Waals surface area (Å²) in [4.78, 5) is 0. The molecule has 0 aliphatic heterocycles. The van der Waals surface area contributed by atoms with Gasteiger partial charge < -0.3 is 5.73 Å². The summed E-state index contributed by atoms with van der Waals surface area (Å²) >= 11 is 0. The van der Waals surface area contributed by atoms with Gasteiger partial charge in [-0.1, -0.05) is 25.3 Å². The van der Waals surface area contributed by atoms with Crippen molar-refractivity contribution in [1.29, 1.82) is 0 Å². The molecule has 0 radical (unpaired) electrons. The summed E-state index contributed by atoms with van der Waals surface area (Å²) in [6.45, 7) is 12.8. The van der Waals surface area contributed by atoms with Gasteiger partial charge in [0, 0.05) is 5.70 Å². The SMILES string of the molecule is C=C/C(N)=C\C(=C)C(=C)C. The Kier molecular flexibility index (Phi) is 3.26. The van der Waals surface area contributed by atoms with Gasteiger partial charge in [0.1, 0.15) is 0 Å². The summed E-state index contributed by atoms with van der Waals surface area (Å²) in [6, 6.07) is 0. The third kappa shape index (κ3) is 2.92. The second kappa shape index (κ2) is 3.72. The lowest BCUT2D eigenvalue weighted by Gasteiger charge is -1.97. The van der Waals surface area contributed by atoms with E-state index in [1.165, 1.54) is 0 Å². The van der Waals surface area contributed by atoms with Crippen molar-refractivity contribution < 1.29 is 0 Å². The fourth-order valence-electron chi connectivity index (χ4n) is 0.383. The number of rotatable bonds is 3. The quantitative estimate of drug-likeness (QED) is 0.589. The van der Waals surface area contributed by atoms with Gasteiger partial charge in [-0.2, -0.15) is 0 Å². The molecule has 2 N–H and O–H groups in total. The highest BCUT2D eigenvalue weighted by atomic mass is 14.5.